The van der Waals surface area contributed by atoms with E-state index in [1.54, 1.807) is 16.8 Å². The standard InChI is InChI=1S/C22H40N8O3/c1-28-8-9-29(13-18(28)31)21(33)14-4-2-6-16(10-14)26-20-17(19(24)32)11-25-22(27-20)30-7-3-5-15(23)12-30/h14-17,20,22,25-27H,2-13,23H2,1H3,(H2,24,32)/t14?,15-,16?,17?,20?,22?/m0/s1. The minimum absolute atomic E-state index is 0.00763. The van der Waals surface area contributed by atoms with Crippen molar-refractivity contribution in [3.8, 4) is 0 Å². The summed E-state index contributed by atoms with van der Waals surface area (Å²) in [6.07, 6.45) is 5.18. The largest absolute Gasteiger partial charge is 0.369 e. The van der Waals surface area contributed by atoms with Crippen molar-refractivity contribution in [2.75, 3.05) is 46.3 Å². The fourth-order valence-electron chi connectivity index (χ4n) is 5.66. The second kappa shape index (κ2) is 10.6. The molecule has 4 rings (SSSR count). The van der Waals surface area contributed by atoms with E-state index in [0.717, 1.165) is 45.2 Å². The maximum Gasteiger partial charge on any atom is 0.241 e. The summed E-state index contributed by atoms with van der Waals surface area (Å²) in [5.74, 6) is -0.761. The zero-order valence-electron chi connectivity index (χ0n) is 19.7. The number of amides is 3. The molecule has 3 amide bonds. The Morgan fingerprint density at radius 2 is 1.94 bits per heavy atom. The Labute approximate surface area is 195 Å². The van der Waals surface area contributed by atoms with Gasteiger partial charge in [-0.1, -0.05) is 6.42 Å². The zero-order valence-corrected chi connectivity index (χ0v) is 19.7. The molecule has 0 spiro atoms. The predicted molar refractivity (Wildman–Crippen MR) is 123 cm³/mol. The molecule has 3 saturated heterocycles. The Hall–Kier alpha value is -1.79. The maximum atomic E-state index is 13.1. The Kier molecular flexibility index (Phi) is 7.85. The van der Waals surface area contributed by atoms with Gasteiger partial charge < -0.3 is 21.3 Å². The summed E-state index contributed by atoms with van der Waals surface area (Å²) in [5.41, 5.74) is 11.9. The molecule has 3 heterocycles. The van der Waals surface area contributed by atoms with Crippen molar-refractivity contribution in [3.05, 3.63) is 0 Å². The van der Waals surface area contributed by atoms with Crippen LogP contribution in [0.4, 0.5) is 0 Å². The van der Waals surface area contributed by atoms with Gasteiger partial charge >= 0.3 is 0 Å². The molecule has 5 unspecified atom stereocenters. The van der Waals surface area contributed by atoms with Gasteiger partial charge in [0.25, 0.3) is 0 Å². The van der Waals surface area contributed by atoms with Gasteiger partial charge in [-0.3, -0.25) is 35.2 Å². The van der Waals surface area contributed by atoms with E-state index in [2.05, 4.69) is 20.9 Å². The van der Waals surface area contributed by atoms with Crippen molar-refractivity contribution in [2.24, 2.45) is 23.3 Å². The summed E-state index contributed by atoms with van der Waals surface area (Å²) in [5, 5.41) is 10.6. The SMILES string of the molecule is CN1CCN(C(=O)C2CCCC(NC3NC(N4CCC[C@H](N)C4)NCC3C(N)=O)C2)CC1=O. The second-order valence-electron chi connectivity index (χ2n) is 10.2. The highest BCUT2D eigenvalue weighted by Crippen LogP contribution is 2.27. The van der Waals surface area contributed by atoms with Crippen LogP contribution in [0.3, 0.4) is 0 Å². The highest BCUT2D eigenvalue weighted by molar-refractivity contribution is 5.87. The van der Waals surface area contributed by atoms with Gasteiger partial charge in [0.05, 0.1) is 18.6 Å². The summed E-state index contributed by atoms with van der Waals surface area (Å²) in [6, 6.07) is 0.270. The monoisotopic (exact) mass is 464 g/mol. The summed E-state index contributed by atoms with van der Waals surface area (Å²) < 4.78 is 0. The van der Waals surface area contributed by atoms with E-state index in [4.69, 9.17) is 11.5 Å². The fourth-order valence-corrected chi connectivity index (χ4v) is 5.66. The summed E-state index contributed by atoms with van der Waals surface area (Å²) in [6.45, 7) is 3.60. The highest BCUT2D eigenvalue weighted by atomic mass is 16.2. The van der Waals surface area contributed by atoms with Gasteiger partial charge in [-0.2, -0.15) is 0 Å². The normalized spacial score (nSPS) is 36.6. The van der Waals surface area contributed by atoms with Gasteiger partial charge in [-0.25, -0.2) is 0 Å². The number of carbonyl (C=O) groups is 3. The third kappa shape index (κ3) is 5.83. The van der Waals surface area contributed by atoms with Gasteiger partial charge in [0.1, 0.15) is 6.29 Å². The lowest BCUT2D eigenvalue weighted by Crippen LogP contribution is -2.72. The third-order valence-corrected chi connectivity index (χ3v) is 7.70. The summed E-state index contributed by atoms with van der Waals surface area (Å²) in [4.78, 5) is 43.0. The minimum Gasteiger partial charge on any atom is -0.369 e. The number of carbonyl (C=O) groups excluding carboxylic acids is 3. The predicted octanol–water partition coefficient (Wildman–Crippen LogP) is -2.24. The van der Waals surface area contributed by atoms with Crippen LogP contribution < -0.4 is 27.4 Å². The molecule has 0 bridgehead atoms. The van der Waals surface area contributed by atoms with E-state index in [9.17, 15) is 14.4 Å². The molecule has 7 N–H and O–H groups in total. The van der Waals surface area contributed by atoms with Crippen molar-refractivity contribution in [2.45, 2.75) is 63.1 Å². The number of piperidine rings is 1. The number of primary amides is 1. The van der Waals surface area contributed by atoms with Crippen LogP contribution in [0.1, 0.15) is 38.5 Å². The first-order valence-electron chi connectivity index (χ1n) is 12.4. The van der Waals surface area contributed by atoms with E-state index < -0.39 is 0 Å². The van der Waals surface area contributed by atoms with Crippen LogP contribution in [0.2, 0.25) is 0 Å². The fraction of sp³-hybridized carbons (Fsp3) is 0.864. The molecule has 11 heteroatoms. The van der Waals surface area contributed by atoms with Gasteiger partial charge in [0.15, 0.2) is 0 Å². The van der Waals surface area contributed by atoms with Crippen LogP contribution >= 0.6 is 0 Å². The third-order valence-electron chi connectivity index (χ3n) is 7.70. The maximum absolute atomic E-state index is 13.1. The Morgan fingerprint density at radius 3 is 2.67 bits per heavy atom. The van der Waals surface area contributed by atoms with Gasteiger partial charge in [-0.15, -0.1) is 0 Å². The lowest BCUT2D eigenvalue weighted by Gasteiger charge is -2.46. The number of nitrogens with two attached hydrogens (primary N) is 2. The van der Waals surface area contributed by atoms with Crippen molar-refractivity contribution in [1.82, 2.24) is 30.7 Å². The number of hydrogen-bond acceptors (Lipinski definition) is 8. The van der Waals surface area contributed by atoms with Crippen LogP contribution in [0.25, 0.3) is 0 Å². The number of nitrogens with zero attached hydrogens (tertiary/aromatic N) is 3. The van der Waals surface area contributed by atoms with Crippen molar-refractivity contribution >= 4 is 17.7 Å². The van der Waals surface area contributed by atoms with E-state index in [0.29, 0.717) is 26.1 Å². The molecule has 0 aromatic rings. The van der Waals surface area contributed by atoms with Crippen LogP contribution in [-0.2, 0) is 14.4 Å². The number of hydrogen-bond donors (Lipinski definition) is 5. The van der Waals surface area contributed by atoms with Crippen LogP contribution in [-0.4, -0.2) is 103 Å². The van der Waals surface area contributed by atoms with Crippen molar-refractivity contribution in [3.63, 3.8) is 0 Å². The van der Waals surface area contributed by atoms with Crippen LogP contribution in [0.15, 0.2) is 0 Å². The smallest absolute Gasteiger partial charge is 0.241 e. The van der Waals surface area contributed by atoms with E-state index >= 15 is 0 Å². The molecule has 0 radical (unpaired) electrons. The number of rotatable bonds is 5. The molecule has 4 fully saturated rings. The number of nitrogens with one attached hydrogen (secondary N) is 3. The van der Waals surface area contributed by atoms with E-state index in [1.165, 1.54) is 0 Å². The minimum atomic E-state index is -0.383. The molecule has 6 atom stereocenters. The Bertz CT molecular complexity index is 736. The van der Waals surface area contributed by atoms with Gasteiger partial charge in [0.2, 0.25) is 17.7 Å². The first kappa shape index (κ1) is 24.3. The molecule has 33 heavy (non-hydrogen) atoms. The molecule has 4 aliphatic rings. The quantitative estimate of drug-likeness (QED) is 0.307. The van der Waals surface area contributed by atoms with Crippen LogP contribution in [0.5, 0.6) is 0 Å². The highest BCUT2D eigenvalue weighted by Gasteiger charge is 2.39. The topological polar surface area (TPSA) is 149 Å². The summed E-state index contributed by atoms with van der Waals surface area (Å²) >= 11 is 0. The molecule has 1 saturated carbocycles. The average molecular weight is 465 g/mol. The molecular weight excluding hydrogens is 424 g/mol. The van der Waals surface area contributed by atoms with Gasteiger partial charge in [-0.05, 0) is 32.1 Å². The molecular formula is C22H40N8O3. The van der Waals surface area contributed by atoms with E-state index in [1.807, 2.05) is 0 Å². The van der Waals surface area contributed by atoms with Crippen molar-refractivity contribution in [1.29, 1.82) is 0 Å². The number of piperazine rings is 1. The zero-order chi connectivity index (χ0) is 23.5. The second-order valence-corrected chi connectivity index (χ2v) is 10.2. The van der Waals surface area contributed by atoms with Gasteiger partial charge in [0, 0.05) is 57.8 Å². The number of likely N-dealkylation sites (N-methyl/N-ethyl adjacent to an activating group) is 1. The average Bonchev–Trinajstić information content (AvgIpc) is 2.80. The molecule has 3 aliphatic heterocycles. The molecule has 1 aliphatic carbocycles. The molecule has 0 aromatic carbocycles. The molecule has 186 valence electrons. The van der Waals surface area contributed by atoms with Crippen LogP contribution in [0, 0.1) is 11.8 Å². The Balaban J connectivity index is 1.36. The van der Waals surface area contributed by atoms with E-state index in [-0.39, 0.29) is 60.6 Å². The Morgan fingerprint density at radius 1 is 1.12 bits per heavy atom. The number of likely N-dealkylation sites (tertiary alicyclic amines) is 1. The summed E-state index contributed by atoms with van der Waals surface area (Å²) in [7, 11) is 1.77. The van der Waals surface area contributed by atoms with Crippen molar-refractivity contribution < 1.29 is 14.4 Å². The lowest BCUT2D eigenvalue weighted by molar-refractivity contribution is -0.147. The first-order valence-corrected chi connectivity index (χ1v) is 12.4. The molecule has 11 nitrogen and oxygen atoms in total. The first-order chi connectivity index (χ1) is 15.8. The molecule has 0 aromatic heterocycles. The lowest BCUT2D eigenvalue weighted by atomic mass is 9.84.